The molecule has 7 heteroatoms. The Bertz CT molecular complexity index is 724. The average Bonchev–Trinajstić information content (AvgIpc) is 2.89. The Hall–Kier alpha value is -1.17. The Balaban J connectivity index is 1.93. The maximum absolute atomic E-state index is 6.16. The number of nitrogens with one attached hydrogen (secondary N) is 1. The Morgan fingerprint density at radius 1 is 1.23 bits per heavy atom. The van der Waals surface area contributed by atoms with Crippen LogP contribution in [0.3, 0.4) is 0 Å². The van der Waals surface area contributed by atoms with E-state index in [4.69, 9.17) is 35.4 Å². The van der Waals surface area contributed by atoms with Gasteiger partial charge >= 0.3 is 0 Å². The van der Waals surface area contributed by atoms with Crippen molar-refractivity contribution in [1.82, 2.24) is 14.9 Å². The van der Waals surface area contributed by atoms with Crippen LogP contribution >= 0.6 is 35.4 Å². The van der Waals surface area contributed by atoms with Gasteiger partial charge in [-0.1, -0.05) is 48.5 Å². The zero-order valence-corrected chi connectivity index (χ0v) is 14.3. The summed E-state index contributed by atoms with van der Waals surface area (Å²) in [5, 5.41) is 12.8. The summed E-state index contributed by atoms with van der Waals surface area (Å²) in [6.45, 7) is 0. The molecule has 1 heterocycles. The first-order valence-electron chi connectivity index (χ1n) is 7.32. The number of aromatic nitrogens is 3. The van der Waals surface area contributed by atoms with E-state index in [1.807, 2.05) is 0 Å². The number of benzene rings is 1. The highest BCUT2D eigenvalue weighted by Crippen LogP contribution is 2.31. The molecule has 4 nitrogen and oxygen atoms in total. The lowest BCUT2D eigenvalue weighted by Gasteiger charge is -2.19. The van der Waals surface area contributed by atoms with Crippen LogP contribution in [0, 0.1) is 4.77 Å². The second kappa shape index (κ2) is 6.94. The number of halogens is 2. The molecule has 1 aliphatic carbocycles. The molecule has 22 heavy (non-hydrogen) atoms. The molecule has 116 valence electrons. The Labute approximate surface area is 144 Å². The largest absolute Gasteiger partial charge is 0.250 e. The van der Waals surface area contributed by atoms with E-state index in [0.29, 0.717) is 26.3 Å². The van der Waals surface area contributed by atoms with Crippen molar-refractivity contribution in [1.29, 1.82) is 0 Å². The monoisotopic (exact) mass is 354 g/mol. The van der Waals surface area contributed by atoms with Gasteiger partial charge in [0.05, 0.1) is 16.3 Å². The minimum atomic E-state index is 0.403. The van der Waals surface area contributed by atoms with Gasteiger partial charge in [0.2, 0.25) is 4.77 Å². The summed E-state index contributed by atoms with van der Waals surface area (Å²) in [5.41, 5.74) is 0.684. The second-order valence-corrected chi connectivity index (χ2v) is 6.61. The maximum atomic E-state index is 6.16. The highest BCUT2D eigenvalue weighted by molar-refractivity contribution is 7.71. The summed E-state index contributed by atoms with van der Waals surface area (Å²) in [6.07, 6.45) is 7.64. The van der Waals surface area contributed by atoms with Crippen LogP contribution in [0.2, 0.25) is 10.0 Å². The Kier molecular flexibility index (Phi) is 4.96. The fraction of sp³-hybridized carbons (Fsp3) is 0.400. The van der Waals surface area contributed by atoms with Gasteiger partial charge in [0, 0.05) is 11.5 Å². The number of hydrogen-bond donors (Lipinski definition) is 1. The predicted octanol–water partition coefficient (Wildman–Crippen LogP) is 5.18. The van der Waals surface area contributed by atoms with Gasteiger partial charge in [-0.25, -0.2) is 0 Å². The van der Waals surface area contributed by atoms with Crippen LogP contribution < -0.4 is 0 Å². The van der Waals surface area contributed by atoms with Gasteiger partial charge < -0.3 is 0 Å². The molecule has 1 saturated carbocycles. The van der Waals surface area contributed by atoms with Gasteiger partial charge in [-0.3, -0.25) is 5.10 Å². The lowest BCUT2D eigenvalue weighted by atomic mass is 9.89. The molecule has 0 bridgehead atoms. The zero-order chi connectivity index (χ0) is 15.5. The van der Waals surface area contributed by atoms with E-state index < -0.39 is 0 Å². The van der Waals surface area contributed by atoms with Crippen LogP contribution in [0.25, 0.3) is 0 Å². The van der Waals surface area contributed by atoms with Gasteiger partial charge in [0.25, 0.3) is 0 Å². The molecule has 0 spiro atoms. The van der Waals surface area contributed by atoms with E-state index in [2.05, 4.69) is 15.3 Å². The van der Waals surface area contributed by atoms with E-state index in [-0.39, 0.29) is 0 Å². The molecule has 0 aliphatic heterocycles. The van der Waals surface area contributed by atoms with Crippen molar-refractivity contribution in [3.8, 4) is 0 Å². The topological polar surface area (TPSA) is 46.0 Å². The molecule has 1 aliphatic rings. The molecule has 3 rings (SSSR count). The fourth-order valence-electron chi connectivity index (χ4n) is 2.79. The lowest BCUT2D eigenvalue weighted by molar-refractivity contribution is 0.419. The molecule has 2 aromatic rings. The van der Waals surface area contributed by atoms with Crippen LogP contribution in [-0.2, 0) is 0 Å². The van der Waals surface area contributed by atoms with E-state index in [9.17, 15) is 0 Å². The number of H-pyrrole nitrogens is 1. The molecular formula is C15H16Cl2N4S. The molecule has 1 aromatic heterocycles. The fourth-order valence-corrected chi connectivity index (χ4v) is 3.47. The second-order valence-electron chi connectivity index (χ2n) is 5.41. The molecule has 1 aromatic carbocycles. The maximum Gasteiger partial charge on any atom is 0.216 e. The van der Waals surface area contributed by atoms with Crippen molar-refractivity contribution in [3.05, 3.63) is 44.4 Å². The number of hydrogen-bond acceptors (Lipinski definition) is 3. The van der Waals surface area contributed by atoms with Crippen LogP contribution in [0.1, 0.15) is 49.4 Å². The summed E-state index contributed by atoms with van der Waals surface area (Å²) in [5.74, 6) is 1.30. The van der Waals surface area contributed by atoms with Gasteiger partial charge in [-0.2, -0.15) is 14.9 Å². The van der Waals surface area contributed by atoms with Crippen LogP contribution in [-0.4, -0.2) is 21.1 Å². The van der Waals surface area contributed by atoms with Crippen molar-refractivity contribution in [2.45, 2.75) is 38.0 Å². The van der Waals surface area contributed by atoms with Gasteiger partial charge in [0.15, 0.2) is 5.82 Å². The summed E-state index contributed by atoms with van der Waals surface area (Å²) >= 11 is 17.6. The molecule has 0 radical (unpaired) electrons. The molecule has 1 fully saturated rings. The molecule has 1 N–H and O–H groups in total. The third-order valence-corrected chi connectivity index (χ3v) is 4.87. The summed E-state index contributed by atoms with van der Waals surface area (Å²) in [4.78, 5) is 0. The first-order valence-corrected chi connectivity index (χ1v) is 8.49. The summed E-state index contributed by atoms with van der Waals surface area (Å²) < 4.78 is 2.17. The standard InChI is InChI=1S/C15H16Cl2N4S/c16-12-7-4-8-13(17)11(12)9-18-21-14(19-20-15(21)22)10-5-2-1-3-6-10/h4,7-10H,1-3,5-6H2,(H,20,22). The van der Waals surface area contributed by atoms with Gasteiger partial charge in [-0.05, 0) is 37.2 Å². The quantitative estimate of drug-likeness (QED) is 0.609. The molecule has 0 saturated heterocycles. The highest BCUT2D eigenvalue weighted by atomic mass is 35.5. The van der Waals surface area contributed by atoms with Crippen molar-refractivity contribution < 1.29 is 0 Å². The van der Waals surface area contributed by atoms with Crippen molar-refractivity contribution in [2.24, 2.45) is 5.10 Å². The van der Waals surface area contributed by atoms with Crippen LogP contribution in [0.15, 0.2) is 23.3 Å². The predicted molar refractivity (Wildman–Crippen MR) is 92.7 cm³/mol. The number of nitrogens with zero attached hydrogens (tertiary/aromatic N) is 3. The Morgan fingerprint density at radius 2 is 1.91 bits per heavy atom. The normalized spacial score (nSPS) is 16.5. The highest BCUT2D eigenvalue weighted by Gasteiger charge is 2.21. The molecule has 0 unspecified atom stereocenters. The van der Waals surface area contributed by atoms with Gasteiger partial charge in [0.1, 0.15) is 0 Å². The van der Waals surface area contributed by atoms with Crippen LogP contribution in [0.5, 0.6) is 0 Å². The van der Waals surface area contributed by atoms with Gasteiger partial charge in [-0.15, -0.1) is 0 Å². The molecular weight excluding hydrogens is 339 g/mol. The third kappa shape index (κ3) is 3.26. The zero-order valence-electron chi connectivity index (χ0n) is 11.9. The number of rotatable bonds is 3. The minimum absolute atomic E-state index is 0.403. The van der Waals surface area contributed by atoms with E-state index in [1.54, 1.807) is 29.1 Å². The minimum Gasteiger partial charge on any atom is -0.250 e. The summed E-state index contributed by atoms with van der Waals surface area (Å²) in [7, 11) is 0. The Morgan fingerprint density at radius 3 is 2.59 bits per heavy atom. The number of aromatic amines is 1. The first kappa shape index (κ1) is 15.7. The van der Waals surface area contributed by atoms with E-state index >= 15 is 0 Å². The van der Waals surface area contributed by atoms with Crippen molar-refractivity contribution in [3.63, 3.8) is 0 Å². The third-order valence-electron chi connectivity index (χ3n) is 3.95. The van der Waals surface area contributed by atoms with E-state index in [0.717, 1.165) is 18.7 Å². The molecule has 0 amide bonds. The molecule has 0 atom stereocenters. The summed E-state index contributed by atoms with van der Waals surface area (Å²) in [6, 6.07) is 5.37. The van der Waals surface area contributed by atoms with Crippen LogP contribution in [0.4, 0.5) is 0 Å². The van der Waals surface area contributed by atoms with Crippen molar-refractivity contribution >= 4 is 41.6 Å². The first-order chi connectivity index (χ1) is 10.7. The smallest absolute Gasteiger partial charge is 0.216 e. The lowest BCUT2D eigenvalue weighted by Crippen LogP contribution is -2.10. The van der Waals surface area contributed by atoms with Crippen molar-refractivity contribution in [2.75, 3.05) is 0 Å². The average molecular weight is 355 g/mol. The van der Waals surface area contributed by atoms with E-state index in [1.165, 1.54) is 19.3 Å². The SMILES string of the molecule is S=c1[nH]nc(C2CCCCC2)n1N=Cc1c(Cl)cccc1Cl.